The standard InChI is InChI=1S/C15H20N2/c1-3-13(4-2)11-17-12-16-10-15(17)14-8-6-5-7-9-14/h5-10,12-13H,3-4,11H2,1-2H3. The van der Waals surface area contributed by atoms with E-state index in [4.69, 9.17) is 0 Å². The molecule has 1 aromatic heterocycles. The summed E-state index contributed by atoms with van der Waals surface area (Å²) < 4.78 is 2.27. The summed E-state index contributed by atoms with van der Waals surface area (Å²) in [5, 5.41) is 0. The number of aromatic nitrogens is 2. The second-order valence-electron chi connectivity index (χ2n) is 4.48. The van der Waals surface area contributed by atoms with E-state index in [2.05, 4.69) is 47.7 Å². The van der Waals surface area contributed by atoms with Gasteiger partial charge in [-0.3, -0.25) is 0 Å². The molecule has 0 fully saturated rings. The van der Waals surface area contributed by atoms with Gasteiger partial charge in [0, 0.05) is 6.54 Å². The molecule has 0 amide bonds. The number of nitrogens with zero attached hydrogens (tertiary/aromatic N) is 2. The van der Waals surface area contributed by atoms with Gasteiger partial charge in [0.2, 0.25) is 0 Å². The summed E-state index contributed by atoms with van der Waals surface area (Å²) in [6.45, 7) is 5.58. The molecule has 0 radical (unpaired) electrons. The van der Waals surface area contributed by atoms with Crippen LogP contribution in [0.3, 0.4) is 0 Å². The SMILES string of the molecule is CCC(CC)Cn1cncc1-c1ccccc1. The fourth-order valence-electron chi connectivity index (χ4n) is 2.14. The van der Waals surface area contributed by atoms with Crippen LogP contribution in [0.15, 0.2) is 42.9 Å². The normalized spacial score (nSPS) is 11.0. The minimum atomic E-state index is 0.742. The van der Waals surface area contributed by atoms with Gasteiger partial charge in [-0.25, -0.2) is 4.98 Å². The summed E-state index contributed by atoms with van der Waals surface area (Å²) in [5.74, 6) is 0.742. The Hall–Kier alpha value is -1.57. The molecule has 0 aliphatic rings. The van der Waals surface area contributed by atoms with Crippen molar-refractivity contribution in [1.29, 1.82) is 0 Å². The van der Waals surface area contributed by atoms with Gasteiger partial charge in [0.15, 0.2) is 0 Å². The maximum Gasteiger partial charge on any atom is 0.0951 e. The second-order valence-corrected chi connectivity index (χ2v) is 4.48. The maximum absolute atomic E-state index is 4.28. The van der Waals surface area contributed by atoms with Crippen LogP contribution in [0.4, 0.5) is 0 Å². The molecule has 0 unspecified atom stereocenters. The monoisotopic (exact) mass is 228 g/mol. The van der Waals surface area contributed by atoms with Crippen LogP contribution >= 0.6 is 0 Å². The topological polar surface area (TPSA) is 17.8 Å². The average Bonchev–Trinajstić information content (AvgIpc) is 2.85. The highest BCUT2D eigenvalue weighted by Gasteiger charge is 2.09. The molecule has 17 heavy (non-hydrogen) atoms. The summed E-state index contributed by atoms with van der Waals surface area (Å²) in [4.78, 5) is 4.28. The Morgan fingerprint density at radius 3 is 2.47 bits per heavy atom. The molecule has 0 atom stereocenters. The van der Waals surface area contributed by atoms with Crippen LogP contribution in [0.25, 0.3) is 11.3 Å². The zero-order valence-corrected chi connectivity index (χ0v) is 10.6. The first-order chi connectivity index (χ1) is 8.35. The van der Waals surface area contributed by atoms with Crippen molar-refractivity contribution in [1.82, 2.24) is 9.55 Å². The molecule has 1 heterocycles. The summed E-state index contributed by atoms with van der Waals surface area (Å²) in [5.41, 5.74) is 2.47. The fraction of sp³-hybridized carbons (Fsp3) is 0.400. The lowest BCUT2D eigenvalue weighted by Crippen LogP contribution is -2.09. The summed E-state index contributed by atoms with van der Waals surface area (Å²) in [6.07, 6.45) is 6.35. The van der Waals surface area contributed by atoms with Gasteiger partial charge in [0.1, 0.15) is 0 Å². The van der Waals surface area contributed by atoms with E-state index >= 15 is 0 Å². The summed E-state index contributed by atoms with van der Waals surface area (Å²) in [6, 6.07) is 10.5. The Morgan fingerprint density at radius 1 is 1.12 bits per heavy atom. The molecule has 0 spiro atoms. The quantitative estimate of drug-likeness (QED) is 0.756. The molecule has 90 valence electrons. The number of imidazole rings is 1. The van der Waals surface area contributed by atoms with E-state index in [0.717, 1.165) is 12.5 Å². The van der Waals surface area contributed by atoms with Gasteiger partial charge in [-0.1, -0.05) is 57.0 Å². The zero-order chi connectivity index (χ0) is 12.1. The van der Waals surface area contributed by atoms with Crippen molar-refractivity contribution < 1.29 is 0 Å². The first-order valence-electron chi connectivity index (χ1n) is 6.40. The highest BCUT2D eigenvalue weighted by Crippen LogP contribution is 2.21. The summed E-state index contributed by atoms with van der Waals surface area (Å²) >= 11 is 0. The minimum Gasteiger partial charge on any atom is -0.330 e. The molecule has 0 N–H and O–H groups in total. The minimum absolute atomic E-state index is 0.742. The molecule has 0 saturated heterocycles. The molecule has 0 saturated carbocycles. The first-order valence-corrected chi connectivity index (χ1v) is 6.40. The van der Waals surface area contributed by atoms with Gasteiger partial charge in [-0.05, 0) is 11.5 Å². The van der Waals surface area contributed by atoms with Gasteiger partial charge in [0.05, 0.1) is 18.2 Å². The molecule has 0 bridgehead atoms. The largest absolute Gasteiger partial charge is 0.330 e. The van der Waals surface area contributed by atoms with E-state index in [1.165, 1.54) is 24.1 Å². The molecular weight excluding hydrogens is 208 g/mol. The first kappa shape index (κ1) is 11.9. The van der Waals surface area contributed by atoms with Crippen LogP contribution in [0, 0.1) is 5.92 Å². The Bertz CT molecular complexity index is 441. The average molecular weight is 228 g/mol. The van der Waals surface area contributed by atoms with Crippen molar-refractivity contribution in [3.63, 3.8) is 0 Å². The van der Waals surface area contributed by atoms with E-state index in [9.17, 15) is 0 Å². The Morgan fingerprint density at radius 2 is 1.82 bits per heavy atom. The van der Waals surface area contributed by atoms with Gasteiger partial charge in [-0.15, -0.1) is 0 Å². The second kappa shape index (κ2) is 5.67. The van der Waals surface area contributed by atoms with E-state index < -0.39 is 0 Å². The predicted octanol–water partition coefficient (Wildman–Crippen LogP) is 3.99. The number of hydrogen-bond acceptors (Lipinski definition) is 1. The third-order valence-corrected chi connectivity index (χ3v) is 3.39. The van der Waals surface area contributed by atoms with Crippen molar-refractivity contribution in [2.24, 2.45) is 5.92 Å². The Balaban J connectivity index is 2.23. The lowest BCUT2D eigenvalue weighted by Gasteiger charge is -2.15. The van der Waals surface area contributed by atoms with E-state index in [-0.39, 0.29) is 0 Å². The molecule has 1 aromatic carbocycles. The molecule has 2 aromatic rings. The van der Waals surface area contributed by atoms with E-state index in [1.807, 2.05) is 18.6 Å². The highest BCUT2D eigenvalue weighted by atomic mass is 15.0. The zero-order valence-electron chi connectivity index (χ0n) is 10.6. The molecule has 2 heteroatoms. The van der Waals surface area contributed by atoms with Crippen LogP contribution in [-0.4, -0.2) is 9.55 Å². The van der Waals surface area contributed by atoms with Crippen molar-refractivity contribution in [2.75, 3.05) is 0 Å². The van der Waals surface area contributed by atoms with Crippen LogP contribution in [-0.2, 0) is 6.54 Å². The van der Waals surface area contributed by atoms with Crippen LogP contribution in [0.2, 0.25) is 0 Å². The number of benzene rings is 1. The summed E-state index contributed by atoms with van der Waals surface area (Å²) in [7, 11) is 0. The van der Waals surface area contributed by atoms with Crippen LogP contribution < -0.4 is 0 Å². The molecule has 0 aliphatic heterocycles. The van der Waals surface area contributed by atoms with E-state index in [0.29, 0.717) is 0 Å². The molecule has 2 rings (SSSR count). The molecule has 0 aliphatic carbocycles. The third-order valence-electron chi connectivity index (χ3n) is 3.39. The highest BCUT2D eigenvalue weighted by molar-refractivity contribution is 5.58. The fourth-order valence-corrected chi connectivity index (χ4v) is 2.14. The van der Waals surface area contributed by atoms with Crippen molar-refractivity contribution in [3.05, 3.63) is 42.9 Å². The third kappa shape index (κ3) is 2.76. The van der Waals surface area contributed by atoms with E-state index in [1.54, 1.807) is 0 Å². The van der Waals surface area contributed by atoms with Crippen molar-refractivity contribution in [3.8, 4) is 11.3 Å². The number of hydrogen-bond donors (Lipinski definition) is 0. The lowest BCUT2D eigenvalue weighted by atomic mass is 10.0. The van der Waals surface area contributed by atoms with Gasteiger partial charge >= 0.3 is 0 Å². The Labute approximate surface area is 103 Å². The Kier molecular flexibility index (Phi) is 3.97. The number of rotatable bonds is 5. The van der Waals surface area contributed by atoms with Gasteiger partial charge in [0.25, 0.3) is 0 Å². The van der Waals surface area contributed by atoms with Crippen molar-refractivity contribution in [2.45, 2.75) is 33.2 Å². The van der Waals surface area contributed by atoms with Crippen molar-refractivity contribution >= 4 is 0 Å². The molecule has 2 nitrogen and oxygen atoms in total. The maximum atomic E-state index is 4.28. The smallest absolute Gasteiger partial charge is 0.0951 e. The lowest BCUT2D eigenvalue weighted by molar-refractivity contribution is 0.420. The molecular formula is C15H20N2. The van der Waals surface area contributed by atoms with Crippen LogP contribution in [0.5, 0.6) is 0 Å². The predicted molar refractivity (Wildman–Crippen MR) is 71.7 cm³/mol. The van der Waals surface area contributed by atoms with Gasteiger partial charge in [-0.2, -0.15) is 0 Å². The van der Waals surface area contributed by atoms with Crippen LogP contribution in [0.1, 0.15) is 26.7 Å². The van der Waals surface area contributed by atoms with Gasteiger partial charge < -0.3 is 4.57 Å².